The van der Waals surface area contributed by atoms with Gasteiger partial charge in [0.2, 0.25) is 15.9 Å². The number of amides is 1. The van der Waals surface area contributed by atoms with Gasteiger partial charge in [-0.2, -0.15) is 0 Å². The van der Waals surface area contributed by atoms with Crippen LogP contribution in [0.15, 0.2) is 42.5 Å². The van der Waals surface area contributed by atoms with E-state index in [1.165, 1.54) is 16.4 Å². The summed E-state index contributed by atoms with van der Waals surface area (Å²) >= 11 is 11.9. The average Bonchev–Trinajstić information content (AvgIpc) is 2.71. The van der Waals surface area contributed by atoms with Crippen molar-refractivity contribution >= 4 is 39.1 Å². The molecular weight excluding hydrogens is 450 g/mol. The van der Waals surface area contributed by atoms with Crippen LogP contribution in [0.5, 0.6) is 0 Å². The Morgan fingerprint density at radius 3 is 2.37 bits per heavy atom. The third-order valence-corrected chi connectivity index (χ3v) is 7.87. The van der Waals surface area contributed by atoms with Crippen molar-refractivity contribution in [3.63, 3.8) is 0 Å². The fourth-order valence-corrected chi connectivity index (χ4v) is 5.36. The molecule has 0 unspecified atom stereocenters. The molecule has 0 aliphatic carbocycles. The van der Waals surface area contributed by atoms with Crippen LogP contribution >= 0.6 is 23.2 Å². The Labute approximate surface area is 186 Å². The molecule has 0 bridgehead atoms. The number of carbonyl (C=O) groups excluding carboxylic acids is 1. The van der Waals surface area contributed by atoms with Crippen LogP contribution in [0, 0.1) is 11.7 Å². The summed E-state index contributed by atoms with van der Waals surface area (Å²) in [6.45, 7) is 2.40. The van der Waals surface area contributed by atoms with Crippen molar-refractivity contribution in [3.8, 4) is 0 Å². The van der Waals surface area contributed by atoms with Crippen molar-refractivity contribution in [1.29, 1.82) is 0 Å². The number of halogens is 3. The second kappa shape index (κ2) is 9.64. The number of rotatable bonds is 6. The van der Waals surface area contributed by atoms with Gasteiger partial charge in [0.25, 0.3) is 0 Å². The molecule has 1 aliphatic heterocycles. The zero-order valence-electron chi connectivity index (χ0n) is 16.4. The minimum absolute atomic E-state index is 0.117. The minimum Gasteiger partial charge on any atom is -0.349 e. The molecule has 1 saturated heterocycles. The Morgan fingerprint density at radius 1 is 1.13 bits per heavy atom. The van der Waals surface area contributed by atoms with E-state index in [2.05, 4.69) is 5.32 Å². The molecule has 30 heavy (non-hydrogen) atoms. The molecule has 1 heterocycles. The second-order valence-corrected chi connectivity index (χ2v) is 10.2. The number of piperidine rings is 1. The first-order valence-electron chi connectivity index (χ1n) is 9.63. The van der Waals surface area contributed by atoms with Crippen molar-refractivity contribution in [2.45, 2.75) is 31.6 Å². The van der Waals surface area contributed by atoms with Crippen molar-refractivity contribution in [2.24, 2.45) is 5.92 Å². The summed E-state index contributed by atoms with van der Waals surface area (Å²) in [6, 6.07) is 10.5. The molecule has 2 aromatic rings. The molecule has 1 fully saturated rings. The molecule has 0 spiro atoms. The van der Waals surface area contributed by atoms with E-state index < -0.39 is 10.0 Å². The molecule has 2 aromatic carbocycles. The number of nitrogens with one attached hydrogen (secondary N) is 1. The van der Waals surface area contributed by atoms with Crippen molar-refractivity contribution in [3.05, 3.63) is 69.5 Å². The van der Waals surface area contributed by atoms with Gasteiger partial charge in [-0.05, 0) is 55.2 Å². The zero-order chi connectivity index (χ0) is 21.9. The highest BCUT2D eigenvalue weighted by molar-refractivity contribution is 7.88. The number of hydrogen-bond acceptors (Lipinski definition) is 3. The summed E-state index contributed by atoms with van der Waals surface area (Å²) < 4.78 is 40.0. The molecule has 1 N–H and O–H groups in total. The third-order valence-electron chi connectivity index (χ3n) is 5.28. The molecule has 162 valence electrons. The summed E-state index contributed by atoms with van der Waals surface area (Å²) in [7, 11) is -3.52. The van der Waals surface area contributed by atoms with Crippen molar-refractivity contribution in [2.75, 3.05) is 13.1 Å². The van der Waals surface area contributed by atoms with Gasteiger partial charge in [0, 0.05) is 19.0 Å². The number of sulfonamides is 1. The largest absolute Gasteiger partial charge is 0.349 e. The fraction of sp³-hybridized carbons (Fsp3) is 0.381. The van der Waals surface area contributed by atoms with Crippen LogP contribution in [0.25, 0.3) is 0 Å². The molecular formula is C21H23Cl2FN2O3S. The summed E-state index contributed by atoms with van der Waals surface area (Å²) in [6.07, 6.45) is 0.894. The maximum absolute atomic E-state index is 13.1. The smallest absolute Gasteiger partial charge is 0.223 e. The SMILES string of the molecule is C[C@@H](NC(=O)C1CCN(S(=O)(=O)Cc2ccc(Cl)c(Cl)c2)CC1)c1ccc(F)cc1. The molecule has 0 saturated carbocycles. The predicted molar refractivity (Wildman–Crippen MR) is 116 cm³/mol. The first-order chi connectivity index (χ1) is 14.2. The Morgan fingerprint density at radius 2 is 1.77 bits per heavy atom. The van der Waals surface area contributed by atoms with E-state index in [1.807, 2.05) is 6.92 Å². The quantitative estimate of drug-likeness (QED) is 0.670. The van der Waals surface area contributed by atoms with Crippen LogP contribution < -0.4 is 5.32 Å². The molecule has 0 radical (unpaired) electrons. The van der Waals surface area contributed by atoms with E-state index in [0.29, 0.717) is 28.5 Å². The monoisotopic (exact) mass is 472 g/mol. The molecule has 0 aromatic heterocycles. The van der Waals surface area contributed by atoms with E-state index in [-0.39, 0.29) is 42.5 Å². The Hall–Kier alpha value is -1.67. The Kier molecular flexibility index (Phi) is 7.39. The predicted octanol–water partition coefficient (Wildman–Crippen LogP) is 4.55. The van der Waals surface area contributed by atoms with Crippen LogP contribution in [0.1, 0.15) is 36.9 Å². The lowest BCUT2D eigenvalue weighted by Crippen LogP contribution is -2.43. The normalized spacial score (nSPS) is 16.9. The van der Waals surface area contributed by atoms with E-state index in [4.69, 9.17) is 23.2 Å². The summed E-state index contributed by atoms with van der Waals surface area (Å²) in [4.78, 5) is 12.6. The van der Waals surface area contributed by atoms with E-state index in [9.17, 15) is 17.6 Å². The lowest BCUT2D eigenvalue weighted by atomic mass is 9.96. The highest BCUT2D eigenvalue weighted by Gasteiger charge is 2.31. The molecule has 1 atom stereocenters. The van der Waals surface area contributed by atoms with Gasteiger partial charge in [-0.1, -0.05) is 41.4 Å². The molecule has 1 aliphatic rings. The van der Waals surface area contributed by atoms with Gasteiger partial charge in [-0.15, -0.1) is 0 Å². The maximum Gasteiger partial charge on any atom is 0.223 e. The zero-order valence-corrected chi connectivity index (χ0v) is 18.8. The number of carbonyl (C=O) groups is 1. The van der Waals surface area contributed by atoms with E-state index >= 15 is 0 Å². The maximum atomic E-state index is 13.1. The summed E-state index contributed by atoms with van der Waals surface area (Å²) in [5, 5.41) is 3.62. The summed E-state index contributed by atoms with van der Waals surface area (Å²) in [5.41, 5.74) is 1.38. The van der Waals surface area contributed by atoms with Gasteiger partial charge < -0.3 is 5.32 Å². The number of nitrogens with zero attached hydrogens (tertiary/aromatic N) is 1. The number of hydrogen-bond donors (Lipinski definition) is 1. The van der Waals surface area contributed by atoms with E-state index in [0.717, 1.165) is 5.56 Å². The highest BCUT2D eigenvalue weighted by Crippen LogP contribution is 2.26. The molecule has 5 nitrogen and oxygen atoms in total. The second-order valence-electron chi connectivity index (χ2n) is 7.46. The van der Waals surface area contributed by atoms with Crippen LogP contribution in [0.4, 0.5) is 4.39 Å². The van der Waals surface area contributed by atoms with Gasteiger partial charge in [-0.3, -0.25) is 4.79 Å². The van der Waals surface area contributed by atoms with Gasteiger partial charge in [0.15, 0.2) is 0 Å². The van der Waals surface area contributed by atoms with Gasteiger partial charge in [-0.25, -0.2) is 17.1 Å². The van der Waals surface area contributed by atoms with Crippen molar-refractivity contribution < 1.29 is 17.6 Å². The van der Waals surface area contributed by atoms with Crippen LogP contribution in [-0.2, 0) is 20.6 Å². The lowest BCUT2D eigenvalue weighted by molar-refractivity contribution is -0.126. The van der Waals surface area contributed by atoms with E-state index in [1.54, 1.807) is 30.3 Å². The van der Waals surface area contributed by atoms with Gasteiger partial charge in [0.05, 0.1) is 21.8 Å². The molecule has 1 amide bonds. The number of benzene rings is 2. The Bertz CT molecular complexity index is 1010. The van der Waals surface area contributed by atoms with Crippen LogP contribution in [0.2, 0.25) is 10.0 Å². The van der Waals surface area contributed by atoms with Gasteiger partial charge in [0.1, 0.15) is 5.82 Å². The standard InChI is InChI=1S/C21H23Cl2FN2O3S/c1-14(16-3-5-18(24)6-4-16)25-21(27)17-8-10-26(11-9-17)30(28,29)13-15-2-7-19(22)20(23)12-15/h2-7,12,14,17H,8-11,13H2,1H3,(H,25,27)/t14-/m1/s1. The minimum atomic E-state index is -3.52. The van der Waals surface area contributed by atoms with Crippen LogP contribution in [0.3, 0.4) is 0 Å². The van der Waals surface area contributed by atoms with Crippen molar-refractivity contribution in [1.82, 2.24) is 9.62 Å². The fourth-order valence-electron chi connectivity index (χ4n) is 3.49. The van der Waals surface area contributed by atoms with Crippen LogP contribution in [-0.4, -0.2) is 31.7 Å². The summed E-state index contributed by atoms with van der Waals surface area (Å²) in [5.74, 6) is -0.869. The average molecular weight is 473 g/mol. The highest BCUT2D eigenvalue weighted by atomic mass is 35.5. The van der Waals surface area contributed by atoms with Gasteiger partial charge >= 0.3 is 0 Å². The topological polar surface area (TPSA) is 66.5 Å². The lowest BCUT2D eigenvalue weighted by Gasteiger charge is -2.31. The first kappa shape index (κ1) is 23.0. The third kappa shape index (κ3) is 5.72. The first-order valence-corrected chi connectivity index (χ1v) is 12.0. The molecule has 9 heteroatoms. The Balaban J connectivity index is 1.54. The molecule has 3 rings (SSSR count).